The average Bonchev–Trinajstić information content (AvgIpc) is 2.77. The van der Waals surface area contributed by atoms with Crippen molar-refractivity contribution < 1.29 is 19.1 Å². The topological polar surface area (TPSA) is 79.3 Å². The highest BCUT2D eigenvalue weighted by Gasteiger charge is 2.21. The van der Waals surface area contributed by atoms with Crippen molar-refractivity contribution in [3.05, 3.63) is 64.7 Å². The summed E-state index contributed by atoms with van der Waals surface area (Å²) in [7, 11) is 0. The second kappa shape index (κ2) is 11.6. The fourth-order valence-electron chi connectivity index (χ4n) is 4.09. The number of fused-ring (bicyclic) bond motifs is 1. The lowest BCUT2D eigenvalue weighted by molar-refractivity contribution is -0.139. The molecule has 0 fully saturated rings. The summed E-state index contributed by atoms with van der Waals surface area (Å²) in [6.07, 6.45) is 10.8. The van der Waals surface area contributed by atoms with Crippen LogP contribution in [0.15, 0.2) is 36.4 Å². The minimum Gasteiger partial charge on any atom is -0.480 e. The molecule has 1 aliphatic rings. The number of amides is 1. The fraction of sp³-hybridized carbons (Fsp3) is 0.480. The number of pyridine rings is 1. The van der Waals surface area contributed by atoms with Crippen LogP contribution in [0.3, 0.4) is 0 Å². The van der Waals surface area contributed by atoms with Crippen LogP contribution >= 0.6 is 0 Å². The monoisotopic (exact) mass is 426 g/mol. The first-order valence-electron chi connectivity index (χ1n) is 11.3. The van der Waals surface area contributed by atoms with Crippen molar-refractivity contribution in [1.29, 1.82) is 0 Å². The van der Waals surface area contributed by atoms with Crippen LogP contribution < -0.4 is 5.32 Å². The Morgan fingerprint density at radius 3 is 2.55 bits per heavy atom. The van der Waals surface area contributed by atoms with Crippen LogP contribution in [0.1, 0.15) is 78.7 Å². The number of rotatable bonds is 11. The van der Waals surface area contributed by atoms with Gasteiger partial charge in [-0.3, -0.25) is 9.78 Å². The van der Waals surface area contributed by atoms with E-state index in [2.05, 4.69) is 17.4 Å². The molecule has 0 spiro atoms. The molecule has 6 heteroatoms. The molecule has 1 heterocycles. The van der Waals surface area contributed by atoms with E-state index in [4.69, 9.17) is 4.98 Å². The lowest BCUT2D eigenvalue weighted by Crippen LogP contribution is -2.41. The van der Waals surface area contributed by atoms with Gasteiger partial charge in [0.2, 0.25) is 0 Å². The molecule has 1 atom stereocenters. The highest BCUT2D eigenvalue weighted by molar-refractivity contribution is 5.96. The summed E-state index contributed by atoms with van der Waals surface area (Å²) < 4.78 is 13.7. The number of nitrogens with zero attached hydrogens (tertiary/aromatic N) is 1. The van der Waals surface area contributed by atoms with E-state index < -0.39 is 23.7 Å². The zero-order valence-corrected chi connectivity index (χ0v) is 17.9. The molecule has 0 radical (unpaired) electrons. The summed E-state index contributed by atoms with van der Waals surface area (Å²) in [5.74, 6) is -2.44. The van der Waals surface area contributed by atoms with Crippen LogP contribution in [0.2, 0.25) is 0 Å². The van der Waals surface area contributed by atoms with Crippen molar-refractivity contribution in [2.45, 2.75) is 76.7 Å². The molecule has 2 aromatic rings. The fourth-order valence-corrected chi connectivity index (χ4v) is 4.09. The van der Waals surface area contributed by atoms with Crippen molar-refractivity contribution in [3.63, 3.8) is 0 Å². The molecule has 1 aromatic heterocycles. The Morgan fingerprint density at radius 1 is 1.00 bits per heavy atom. The van der Waals surface area contributed by atoms with E-state index in [1.165, 1.54) is 48.0 Å². The van der Waals surface area contributed by atoms with Gasteiger partial charge in [0, 0.05) is 11.4 Å². The lowest BCUT2D eigenvalue weighted by Gasteiger charge is -2.15. The molecule has 2 N–H and O–H groups in total. The minimum absolute atomic E-state index is 0.135. The number of carbonyl (C=O) groups excluding carboxylic acids is 1. The third-order valence-electron chi connectivity index (χ3n) is 5.88. The maximum Gasteiger partial charge on any atom is 0.326 e. The Morgan fingerprint density at radius 2 is 1.74 bits per heavy atom. The SMILES string of the molecule is O=C(NC(CCCCCCCc1ccc2c(n1)CCCC2)C(=O)O)c1ccccc1F. The summed E-state index contributed by atoms with van der Waals surface area (Å²) in [4.78, 5) is 28.4. The van der Waals surface area contributed by atoms with Crippen LogP contribution in [0.5, 0.6) is 0 Å². The summed E-state index contributed by atoms with van der Waals surface area (Å²) in [6.45, 7) is 0. The van der Waals surface area contributed by atoms with Crippen LogP contribution in [0, 0.1) is 5.82 Å². The number of hydrogen-bond donors (Lipinski definition) is 2. The summed E-state index contributed by atoms with van der Waals surface area (Å²) in [6, 6.07) is 8.95. The van der Waals surface area contributed by atoms with E-state index in [1.807, 2.05) is 0 Å². The van der Waals surface area contributed by atoms with E-state index in [0.29, 0.717) is 12.8 Å². The first-order valence-corrected chi connectivity index (χ1v) is 11.3. The first-order chi connectivity index (χ1) is 15.0. The number of benzene rings is 1. The molecular formula is C25H31FN2O3. The van der Waals surface area contributed by atoms with Crippen LogP contribution in [0.25, 0.3) is 0 Å². The third kappa shape index (κ3) is 6.88. The molecule has 1 aliphatic carbocycles. The van der Waals surface area contributed by atoms with Gasteiger partial charge in [-0.1, -0.05) is 43.9 Å². The van der Waals surface area contributed by atoms with Gasteiger partial charge in [0.15, 0.2) is 0 Å². The van der Waals surface area contributed by atoms with Crippen LogP contribution in [-0.2, 0) is 24.1 Å². The van der Waals surface area contributed by atoms with Crippen molar-refractivity contribution in [2.24, 2.45) is 0 Å². The smallest absolute Gasteiger partial charge is 0.326 e. The standard InChI is InChI=1S/C25H31FN2O3/c26-21-13-8-7-12-20(21)24(29)28-23(25(30)31)15-5-3-1-2-4-11-19-17-16-18-10-6-9-14-22(18)27-19/h7-8,12-13,16-17,23H,1-6,9-11,14-15H2,(H,28,29)(H,30,31). The number of hydrogen-bond acceptors (Lipinski definition) is 3. The molecule has 1 aromatic carbocycles. The van der Waals surface area contributed by atoms with Crippen molar-refractivity contribution in [3.8, 4) is 0 Å². The van der Waals surface area contributed by atoms with Gasteiger partial charge < -0.3 is 10.4 Å². The number of aryl methyl sites for hydroxylation is 3. The molecule has 3 rings (SSSR count). The number of carboxylic acid groups (broad SMARTS) is 1. The van der Waals surface area contributed by atoms with E-state index in [9.17, 15) is 19.1 Å². The van der Waals surface area contributed by atoms with Crippen LogP contribution in [-0.4, -0.2) is 28.0 Å². The molecule has 166 valence electrons. The second-order valence-electron chi connectivity index (χ2n) is 8.27. The summed E-state index contributed by atoms with van der Waals surface area (Å²) >= 11 is 0. The number of aliphatic carboxylic acids is 1. The summed E-state index contributed by atoms with van der Waals surface area (Å²) in [5.41, 5.74) is 3.72. The van der Waals surface area contributed by atoms with Gasteiger partial charge >= 0.3 is 5.97 Å². The lowest BCUT2D eigenvalue weighted by atomic mass is 9.95. The number of nitrogens with one attached hydrogen (secondary N) is 1. The van der Waals surface area contributed by atoms with E-state index in [-0.39, 0.29) is 5.56 Å². The van der Waals surface area contributed by atoms with Gasteiger partial charge in [0.1, 0.15) is 11.9 Å². The summed E-state index contributed by atoms with van der Waals surface area (Å²) in [5, 5.41) is 11.8. The van der Waals surface area contributed by atoms with E-state index in [1.54, 1.807) is 6.07 Å². The Kier molecular flexibility index (Phi) is 8.56. The Hall–Kier alpha value is -2.76. The number of unbranched alkanes of at least 4 members (excludes halogenated alkanes) is 4. The van der Waals surface area contributed by atoms with Gasteiger partial charge in [0.05, 0.1) is 5.56 Å². The molecule has 0 saturated carbocycles. The number of carboxylic acids is 1. The zero-order valence-electron chi connectivity index (χ0n) is 17.9. The van der Waals surface area contributed by atoms with Gasteiger partial charge in [-0.15, -0.1) is 0 Å². The minimum atomic E-state index is -1.09. The predicted octanol–water partition coefficient (Wildman–Crippen LogP) is 4.87. The highest BCUT2D eigenvalue weighted by Crippen LogP contribution is 2.20. The Balaban J connectivity index is 1.34. The predicted molar refractivity (Wildman–Crippen MR) is 118 cm³/mol. The second-order valence-corrected chi connectivity index (χ2v) is 8.27. The molecule has 5 nitrogen and oxygen atoms in total. The maximum absolute atomic E-state index is 13.7. The van der Waals surface area contributed by atoms with Crippen LogP contribution in [0.4, 0.5) is 4.39 Å². The molecule has 31 heavy (non-hydrogen) atoms. The number of aromatic nitrogens is 1. The van der Waals surface area contributed by atoms with E-state index >= 15 is 0 Å². The number of halogens is 1. The van der Waals surface area contributed by atoms with Gasteiger partial charge in [0.25, 0.3) is 5.91 Å². The van der Waals surface area contributed by atoms with E-state index in [0.717, 1.165) is 44.9 Å². The average molecular weight is 427 g/mol. The highest BCUT2D eigenvalue weighted by atomic mass is 19.1. The van der Waals surface area contributed by atoms with Crippen molar-refractivity contribution in [2.75, 3.05) is 0 Å². The van der Waals surface area contributed by atoms with Crippen molar-refractivity contribution >= 4 is 11.9 Å². The molecule has 1 unspecified atom stereocenters. The number of carbonyl (C=O) groups is 2. The Labute approximate surface area is 183 Å². The van der Waals surface area contributed by atoms with Gasteiger partial charge in [-0.05, 0) is 68.7 Å². The quantitative estimate of drug-likeness (QED) is 0.503. The van der Waals surface area contributed by atoms with Gasteiger partial charge in [-0.25, -0.2) is 9.18 Å². The largest absolute Gasteiger partial charge is 0.480 e. The Bertz CT molecular complexity index is 900. The zero-order chi connectivity index (χ0) is 22.1. The molecule has 0 bridgehead atoms. The first kappa shape index (κ1) is 22.9. The third-order valence-corrected chi connectivity index (χ3v) is 5.88. The van der Waals surface area contributed by atoms with Gasteiger partial charge in [-0.2, -0.15) is 0 Å². The normalized spacial score (nSPS) is 14.0. The maximum atomic E-state index is 13.7. The molecule has 0 saturated heterocycles. The molecular weight excluding hydrogens is 395 g/mol. The molecule has 0 aliphatic heterocycles. The molecule has 1 amide bonds. The van der Waals surface area contributed by atoms with Crippen molar-refractivity contribution in [1.82, 2.24) is 10.3 Å².